The molecule has 2 aromatic carbocycles. The number of hydrogen-bond acceptors (Lipinski definition) is 15. The van der Waals surface area contributed by atoms with Crippen LogP contribution in [0.4, 0.5) is 11.4 Å². The van der Waals surface area contributed by atoms with Gasteiger partial charge in [-0.15, -0.1) is 0 Å². The van der Waals surface area contributed by atoms with Crippen molar-refractivity contribution in [1.29, 1.82) is 0 Å². The van der Waals surface area contributed by atoms with Crippen LogP contribution in [0.1, 0.15) is 83.7 Å². The lowest BCUT2D eigenvalue weighted by atomic mass is 9.80. The molecule has 16 nitrogen and oxygen atoms in total. The molecule has 354 valence electrons. The van der Waals surface area contributed by atoms with Crippen LogP contribution in [0.25, 0.3) is 33.3 Å². The van der Waals surface area contributed by atoms with Crippen LogP contribution >= 0.6 is 0 Å². The molecule has 66 heavy (non-hydrogen) atoms. The Balaban J connectivity index is 1.43. The molecule has 4 N–H and O–H groups in total. The number of phenols is 2. The average Bonchev–Trinajstić information content (AvgIpc) is 3.54. The highest BCUT2D eigenvalue weighted by molar-refractivity contribution is 6.22. The fraction of sp³-hybridized carbons (Fsp3) is 0.500. The van der Waals surface area contributed by atoms with Gasteiger partial charge in [-0.2, -0.15) is 0 Å². The zero-order valence-corrected chi connectivity index (χ0v) is 39.6. The number of benzene rings is 3. The molecule has 4 heterocycles. The Morgan fingerprint density at radius 2 is 1.71 bits per heavy atom. The van der Waals surface area contributed by atoms with E-state index in [-0.39, 0.29) is 85.0 Å². The topological polar surface area (TPSA) is 210 Å². The number of allylic oxidation sites excluding steroid dienone is 2. The van der Waals surface area contributed by atoms with Gasteiger partial charge in [-0.1, -0.05) is 45.9 Å². The first-order valence-corrected chi connectivity index (χ1v) is 22.5. The van der Waals surface area contributed by atoms with E-state index in [2.05, 4.69) is 29.2 Å². The van der Waals surface area contributed by atoms with Crippen molar-refractivity contribution < 1.29 is 53.1 Å². The van der Waals surface area contributed by atoms with Crippen LogP contribution in [0.3, 0.4) is 0 Å². The number of fused-ring (bicyclic) bond motifs is 2. The number of carbonyl (C=O) groups excluding carboxylic acids is 3. The number of nitrogens with zero attached hydrogens (tertiary/aromatic N) is 3. The molecule has 1 saturated heterocycles. The fourth-order valence-corrected chi connectivity index (χ4v) is 9.77. The highest BCUT2D eigenvalue weighted by Gasteiger charge is 2.50. The second kappa shape index (κ2) is 18.7. The van der Waals surface area contributed by atoms with Gasteiger partial charge >= 0.3 is 11.8 Å². The molecule has 1 fully saturated rings. The van der Waals surface area contributed by atoms with E-state index < -0.39 is 58.9 Å². The minimum Gasteiger partial charge on any atom is -0.507 e. The predicted molar refractivity (Wildman–Crippen MR) is 250 cm³/mol. The van der Waals surface area contributed by atoms with Crippen LogP contribution in [0.2, 0.25) is 0 Å². The largest absolute Gasteiger partial charge is 0.507 e. The number of rotatable bonds is 4. The standard InChI is InChI=1S/C50H62N4O12/c1-24-13-12-14-25(2)49(61)52-41-44(59)37-36(40-47(41)65-35-23-32(22-33(56)39(35)51-40)54-18-15-31(16-19-54)53(9)10)38-46(29(6)43(37)58)66-50(8,48(38)60)63-20-17-34(62-11)28(5)45(64-30(7)55)27(4)21-26(3)42(24)57/h12-14,17,20,22-24,26-28,31,34,42,45,56-58H,15-16,18-19,21H2,1-11H3,(H,52,61)/b13-12+,20-17+,25-14-/t24-,26-,27+,28+,34-,42-,45-,50-/m0/s1. The number of carbonyl (C=O) groups is 3. The second-order valence-corrected chi connectivity index (χ2v) is 18.7. The van der Waals surface area contributed by atoms with E-state index in [4.69, 9.17) is 28.3 Å². The van der Waals surface area contributed by atoms with Gasteiger partial charge in [0.2, 0.25) is 5.43 Å². The van der Waals surface area contributed by atoms with E-state index in [9.17, 15) is 34.5 Å². The molecule has 0 unspecified atom stereocenters. The van der Waals surface area contributed by atoms with Gasteiger partial charge in [0.15, 0.2) is 11.3 Å². The SMILES string of the molecule is CO[C@H]1/C=C/O[C@@]2(C)Oc3c(C)c(O)c4c(=O)c(c5oc6cc(N7CCC(N(C)C)CC7)cc(O)c6nc-5c4c3C2=O)NC(=O)/C(C)=C\C=C\[C@H](C)[C@H](O)[C@@H](C)C[C@@H](C)[C@H](OC(C)=O)[C@@H]1C. The zero-order chi connectivity index (χ0) is 48.1. The van der Waals surface area contributed by atoms with E-state index in [1.807, 2.05) is 27.7 Å². The highest BCUT2D eigenvalue weighted by atomic mass is 16.7. The maximum absolute atomic E-state index is 14.9. The Hall–Kier alpha value is -5.97. The zero-order valence-electron chi connectivity index (χ0n) is 39.6. The van der Waals surface area contributed by atoms with Crippen LogP contribution < -0.4 is 20.4 Å². The number of methoxy groups -OCH3 is 1. The van der Waals surface area contributed by atoms with E-state index in [0.29, 0.717) is 31.2 Å². The number of piperidine rings is 1. The summed E-state index contributed by atoms with van der Waals surface area (Å²) >= 11 is 0. The van der Waals surface area contributed by atoms with Gasteiger partial charge in [0.25, 0.3) is 11.7 Å². The number of ether oxygens (including phenoxy) is 4. The third-order valence-corrected chi connectivity index (χ3v) is 13.7. The van der Waals surface area contributed by atoms with Gasteiger partial charge in [0, 0.05) is 86.3 Å². The molecule has 0 spiro atoms. The molecule has 4 bridgehead atoms. The molecule has 7 rings (SSSR count). The summed E-state index contributed by atoms with van der Waals surface area (Å²) in [6.45, 7) is 14.8. The molecular weight excluding hydrogens is 849 g/mol. The summed E-state index contributed by atoms with van der Waals surface area (Å²) in [5.41, 5.74) is -0.416. The quantitative estimate of drug-likeness (QED) is 0.0905. The van der Waals surface area contributed by atoms with Crippen molar-refractivity contribution in [1.82, 2.24) is 9.88 Å². The van der Waals surface area contributed by atoms with Crippen LogP contribution in [0.5, 0.6) is 17.2 Å². The molecule has 0 saturated carbocycles. The van der Waals surface area contributed by atoms with Gasteiger partial charge < -0.3 is 53.8 Å². The molecular formula is C50H62N4O12. The predicted octanol–water partition coefficient (Wildman–Crippen LogP) is 7.21. The van der Waals surface area contributed by atoms with Gasteiger partial charge in [0.05, 0.1) is 29.4 Å². The van der Waals surface area contributed by atoms with E-state index in [1.54, 1.807) is 43.4 Å². The lowest BCUT2D eigenvalue weighted by molar-refractivity contribution is -0.155. The number of aromatic hydroxyl groups is 2. The normalized spacial score (nSPS) is 28.9. The number of amides is 1. The van der Waals surface area contributed by atoms with E-state index in [1.165, 1.54) is 34.1 Å². The lowest BCUT2D eigenvalue weighted by Crippen LogP contribution is -2.41. The first-order valence-electron chi connectivity index (χ1n) is 22.5. The monoisotopic (exact) mass is 910 g/mol. The number of ketones is 1. The number of anilines is 2. The van der Waals surface area contributed by atoms with Crippen molar-refractivity contribution in [3.8, 4) is 28.7 Å². The van der Waals surface area contributed by atoms with Crippen molar-refractivity contribution in [2.24, 2.45) is 23.7 Å². The Morgan fingerprint density at radius 3 is 2.36 bits per heavy atom. The third kappa shape index (κ3) is 8.85. The van der Waals surface area contributed by atoms with Crippen LogP contribution in [0, 0.1) is 30.6 Å². The molecule has 4 aliphatic heterocycles. The highest BCUT2D eigenvalue weighted by Crippen LogP contribution is 2.51. The Morgan fingerprint density at radius 1 is 1.02 bits per heavy atom. The van der Waals surface area contributed by atoms with Crippen molar-refractivity contribution >= 4 is 50.9 Å². The molecule has 0 radical (unpaired) electrons. The van der Waals surface area contributed by atoms with Crippen LogP contribution in [-0.4, -0.2) is 107 Å². The number of aromatic nitrogens is 1. The van der Waals surface area contributed by atoms with Crippen molar-refractivity contribution in [2.45, 2.75) is 105 Å². The van der Waals surface area contributed by atoms with Crippen LogP contribution in [-0.2, 0) is 23.8 Å². The number of Topliss-reactive ketones (excluding diaryl/α,β-unsaturated/α-hetero) is 1. The van der Waals surface area contributed by atoms with Crippen molar-refractivity contribution in [3.05, 3.63) is 69.6 Å². The Kier molecular flexibility index (Phi) is 13.6. The first-order chi connectivity index (χ1) is 31.2. The van der Waals surface area contributed by atoms with Crippen molar-refractivity contribution in [2.75, 3.05) is 44.5 Å². The smallest absolute Gasteiger partial charge is 0.312 e. The fourth-order valence-electron chi connectivity index (χ4n) is 9.77. The molecule has 2 aromatic rings. The number of aliphatic hydroxyl groups is 1. The number of hydrogen-bond donors (Lipinski definition) is 4. The van der Waals surface area contributed by atoms with Gasteiger partial charge in [-0.3, -0.25) is 19.2 Å². The summed E-state index contributed by atoms with van der Waals surface area (Å²) in [5, 5.41) is 37.1. The minimum atomic E-state index is -2.03. The second-order valence-electron chi connectivity index (χ2n) is 18.7. The average molecular weight is 911 g/mol. The van der Waals surface area contributed by atoms with Crippen molar-refractivity contribution in [3.63, 3.8) is 0 Å². The summed E-state index contributed by atoms with van der Waals surface area (Å²) in [6.07, 6.45) is 7.96. The molecule has 8 atom stereocenters. The number of aliphatic hydroxyl groups excluding tert-OH is 1. The summed E-state index contributed by atoms with van der Waals surface area (Å²) in [5.74, 6) is -6.19. The maximum Gasteiger partial charge on any atom is 0.312 e. The number of phenolic OH excluding ortho intramolecular Hbond substituents is 2. The van der Waals surface area contributed by atoms with Gasteiger partial charge in [0.1, 0.15) is 40.3 Å². The number of esters is 1. The summed E-state index contributed by atoms with van der Waals surface area (Å²) in [4.78, 5) is 65.2. The summed E-state index contributed by atoms with van der Waals surface area (Å²) < 4.78 is 30.6. The number of nitrogens with one attached hydrogen (secondary N) is 1. The molecule has 1 amide bonds. The molecule has 16 heteroatoms. The first kappa shape index (κ1) is 48.0. The third-order valence-electron chi connectivity index (χ3n) is 13.7. The summed E-state index contributed by atoms with van der Waals surface area (Å²) in [6, 6.07) is 3.71. The molecule has 5 aliphatic rings. The minimum absolute atomic E-state index is 0.00915. The summed E-state index contributed by atoms with van der Waals surface area (Å²) in [7, 11) is 5.60. The van der Waals surface area contributed by atoms with Gasteiger partial charge in [-0.05, 0) is 65.1 Å². The Bertz CT molecular complexity index is 2680. The van der Waals surface area contributed by atoms with Crippen LogP contribution in [0.15, 0.2) is 57.5 Å². The van der Waals surface area contributed by atoms with E-state index in [0.717, 1.165) is 12.8 Å². The Labute approximate surface area is 384 Å². The van der Waals surface area contributed by atoms with E-state index >= 15 is 0 Å². The molecule has 0 aromatic heterocycles. The maximum atomic E-state index is 14.9. The molecule has 1 aliphatic carbocycles. The van der Waals surface area contributed by atoms with Gasteiger partial charge in [-0.25, -0.2) is 4.98 Å². The lowest BCUT2D eigenvalue weighted by Gasteiger charge is -2.36.